The van der Waals surface area contributed by atoms with Gasteiger partial charge < -0.3 is 19.5 Å². The third-order valence-electron chi connectivity index (χ3n) is 4.87. The average Bonchev–Trinajstić information content (AvgIpc) is 3.38. The molecule has 2 fully saturated rings. The van der Waals surface area contributed by atoms with Gasteiger partial charge in [-0.25, -0.2) is 0 Å². The number of hydrogen-bond donors (Lipinski definition) is 1. The van der Waals surface area contributed by atoms with Gasteiger partial charge in [0.1, 0.15) is 0 Å². The molecule has 0 spiro atoms. The largest absolute Gasteiger partial charge is 0.493 e. The van der Waals surface area contributed by atoms with E-state index in [0.29, 0.717) is 11.2 Å². The second kappa shape index (κ2) is 5.76. The molecule has 2 aliphatic carbocycles. The van der Waals surface area contributed by atoms with E-state index in [4.69, 9.17) is 14.2 Å². The van der Waals surface area contributed by atoms with Gasteiger partial charge >= 0.3 is 0 Å². The van der Waals surface area contributed by atoms with Crippen molar-refractivity contribution < 1.29 is 14.2 Å². The number of rotatable bonds is 8. The highest BCUT2D eigenvalue weighted by Gasteiger charge is 2.53. The molecular formula is C17H25NO3. The van der Waals surface area contributed by atoms with Crippen molar-refractivity contribution in [3.63, 3.8) is 0 Å². The number of ether oxygens (including phenoxy) is 3. The molecule has 0 saturated heterocycles. The molecule has 0 amide bonds. The summed E-state index contributed by atoms with van der Waals surface area (Å²) in [5, 5.41) is 3.61. The lowest BCUT2D eigenvalue weighted by Crippen LogP contribution is -2.25. The smallest absolute Gasteiger partial charge is 0.203 e. The molecule has 1 N–H and O–H groups in total. The molecule has 0 bridgehead atoms. The fourth-order valence-electron chi connectivity index (χ4n) is 3.28. The molecule has 4 heteroatoms. The summed E-state index contributed by atoms with van der Waals surface area (Å²) in [6, 6.07) is 4.04. The maximum atomic E-state index is 5.39. The Kier molecular flexibility index (Phi) is 3.98. The van der Waals surface area contributed by atoms with Crippen LogP contribution in [0.4, 0.5) is 0 Å². The lowest BCUT2D eigenvalue weighted by molar-refractivity contribution is 0.323. The Labute approximate surface area is 126 Å². The summed E-state index contributed by atoms with van der Waals surface area (Å²) in [6.45, 7) is 1.97. The zero-order chi connectivity index (χ0) is 14.9. The maximum Gasteiger partial charge on any atom is 0.203 e. The molecule has 0 radical (unpaired) electrons. The standard InChI is InChI=1S/C17H25NO3/c1-19-14-8-12(9-15(20-2)16(14)21-3)10-18-11-17(6-7-17)13-4-5-13/h8-9,13,18H,4-7,10-11H2,1-3H3. The van der Waals surface area contributed by atoms with Crippen molar-refractivity contribution in [1.29, 1.82) is 0 Å². The normalized spacial score (nSPS) is 19.2. The number of hydrogen-bond acceptors (Lipinski definition) is 4. The van der Waals surface area contributed by atoms with Crippen molar-refractivity contribution in [1.82, 2.24) is 5.32 Å². The van der Waals surface area contributed by atoms with Crippen molar-refractivity contribution >= 4 is 0 Å². The number of nitrogens with one attached hydrogen (secondary N) is 1. The van der Waals surface area contributed by atoms with Crippen LogP contribution in [0, 0.1) is 11.3 Å². The fraction of sp³-hybridized carbons (Fsp3) is 0.647. The SMILES string of the molecule is COc1cc(CNCC2(C3CC3)CC2)cc(OC)c1OC. The van der Waals surface area contributed by atoms with Crippen molar-refractivity contribution in [3.8, 4) is 17.2 Å². The van der Waals surface area contributed by atoms with Crippen LogP contribution < -0.4 is 19.5 Å². The zero-order valence-electron chi connectivity index (χ0n) is 13.2. The van der Waals surface area contributed by atoms with Crippen LogP contribution in [0.15, 0.2) is 12.1 Å². The topological polar surface area (TPSA) is 39.7 Å². The van der Waals surface area contributed by atoms with Gasteiger partial charge in [0.05, 0.1) is 21.3 Å². The average molecular weight is 291 g/mol. The predicted octanol–water partition coefficient (Wildman–Crippen LogP) is 2.99. The van der Waals surface area contributed by atoms with Gasteiger partial charge in [-0.05, 0) is 54.7 Å². The van der Waals surface area contributed by atoms with Crippen LogP contribution in [0.1, 0.15) is 31.2 Å². The molecule has 2 aliphatic rings. The number of methoxy groups -OCH3 is 3. The van der Waals surface area contributed by atoms with Crippen LogP contribution in [0.3, 0.4) is 0 Å². The molecule has 4 nitrogen and oxygen atoms in total. The first-order chi connectivity index (χ1) is 10.2. The van der Waals surface area contributed by atoms with Crippen LogP contribution in [0.5, 0.6) is 17.2 Å². The Hall–Kier alpha value is -1.42. The molecule has 2 saturated carbocycles. The summed E-state index contributed by atoms with van der Waals surface area (Å²) < 4.78 is 16.1. The van der Waals surface area contributed by atoms with Crippen molar-refractivity contribution in [2.45, 2.75) is 32.2 Å². The van der Waals surface area contributed by atoms with Crippen LogP contribution >= 0.6 is 0 Å². The van der Waals surface area contributed by atoms with E-state index in [1.165, 1.54) is 25.7 Å². The fourth-order valence-corrected chi connectivity index (χ4v) is 3.28. The highest BCUT2D eigenvalue weighted by molar-refractivity contribution is 5.53. The van der Waals surface area contributed by atoms with Gasteiger partial charge in [0, 0.05) is 13.1 Å². The van der Waals surface area contributed by atoms with Crippen LogP contribution in [-0.4, -0.2) is 27.9 Å². The first-order valence-corrected chi connectivity index (χ1v) is 7.72. The van der Waals surface area contributed by atoms with Gasteiger partial charge in [0.25, 0.3) is 0 Å². The molecular weight excluding hydrogens is 266 g/mol. The lowest BCUT2D eigenvalue weighted by Gasteiger charge is -2.17. The van der Waals surface area contributed by atoms with Gasteiger partial charge in [0.15, 0.2) is 11.5 Å². The van der Waals surface area contributed by atoms with E-state index in [9.17, 15) is 0 Å². The third kappa shape index (κ3) is 2.95. The molecule has 0 aromatic heterocycles. The van der Waals surface area contributed by atoms with E-state index in [2.05, 4.69) is 5.32 Å². The quantitative estimate of drug-likeness (QED) is 0.799. The summed E-state index contributed by atoms with van der Waals surface area (Å²) >= 11 is 0. The van der Waals surface area contributed by atoms with Gasteiger partial charge in [-0.15, -0.1) is 0 Å². The Morgan fingerprint density at radius 1 is 1.05 bits per heavy atom. The van der Waals surface area contributed by atoms with E-state index in [-0.39, 0.29) is 0 Å². The molecule has 1 aromatic rings. The third-order valence-corrected chi connectivity index (χ3v) is 4.87. The Balaban J connectivity index is 1.64. The maximum absolute atomic E-state index is 5.39. The summed E-state index contributed by atoms with van der Waals surface area (Å²) in [6.07, 6.45) is 5.68. The summed E-state index contributed by atoms with van der Waals surface area (Å²) in [5.74, 6) is 3.08. The number of benzene rings is 1. The molecule has 0 atom stereocenters. The minimum atomic E-state index is 0.626. The molecule has 0 unspecified atom stereocenters. The van der Waals surface area contributed by atoms with E-state index in [1.807, 2.05) is 12.1 Å². The lowest BCUT2D eigenvalue weighted by atomic mass is 10.0. The Bertz CT molecular complexity index is 482. The minimum Gasteiger partial charge on any atom is -0.493 e. The highest BCUT2D eigenvalue weighted by atomic mass is 16.5. The van der Waals surface area contributed by atoms with Crippen molar-refractivity contribution in [2.75, 3.05) is 27.9 Å². The monoisotopic (exact) mass is 291 g/mol. The zero-order valence-corrected chi connectivity index (χ0v) is 13.2. The van der Waals surface area contributed by atoms with Crippen LogP contribution in [-0.2, 0) is 6.54 Å². The van der Waals surface area contributed by atoms with Gasteiger partial charge in [-0.2, -0.15) is 0 Å². The predicted molar refractivity (Wildman–Crippen MR) is 82.2 cm³/mol. The van der Waals surface area contributed by atoms with Crippen LogP contribution in [0.25, 0.3) is 0 Å². The summed E-state index contributed by atoms with van der Waals surface area (Å²) in [7, 11) is 4.94. The molecule has 3 rings (SSSR count). The Morgan fingerprint density at radius 2 is 1.67 bits per heavy atom. The van der Waals surface area contributed by atoms with Gasteiger partial charge in [0.2, 0.25) is 5.75 Å². The molecule has 21 heavy (non-hydrogen) atoms. The highest BCUT2D eigenvalue weighted by Crippen LogP contribution is 2.60. The first kappa shape index (κ1) is 14.5. The van der Waals surface area contributed by atoms with E-state index < -0.39 is 0 Å². The molecule has 1 aromatic carbocycles. The minimum absolute atomic E-state index is 0.626. The second-order valence-electron chi connectivity index (χ2n) is 6.27. The summed E-state index contributed by atoms with van der Waals surface area (Å²) in [5.41, 5.74) is 1.79. The van der Waals surface area contributed by atoms with Crippen molar-refractivity contribution in [2.24, 2.45) is 11.3 Å². The van der Waals surface area contributed by atoms with E-state index in [1.54, 1.807) is 21.3 Å². The Morgan fingerprint density at radius 3 is 2.10 bits per heavy atom. The van der Waals surface area contributed by atoms with E-state index in [0.717, 1.165) is 36.1 Å². The van der Waals surface area contributed by atoms with Crippen LogP contribution in [0.2, 0.25) is 0 Å². The first-order valence-electron chi connectivity index (χ1n) is 7.72. The molecule has 0 heterocycles. The summed E-state index contributed by atoms with van der Waals surface area (Å²) in [4.78, 5) is 0. The molecule has 0 aliphatic heterocycles. The molecule has 116 valence electrons. The van der Waals surface area contributed by atoms with Gasteiger partial charge in [-0.3, -0.25) is 0 Å². The van der Waals surface area contributed by atoms with Gasteiger partial charge in [-0.1, -0.05) is 0 Å². The van der Waals surface area contributed by atoms with E-state index >= 15 is 0 Å². The van der Waals surface area contributed by atoms with Crippen molar-refractivity contribution in [3.05, 3.63) is 17.7 Å². The second-order valence-corrected chi connectivity index (χ2v) is 6.27.